The summed E-state index contributed by atoms with van der Waals surface area (Å²) in [6.45, 7) is 5.03. The molecule has 2 amide bonds. The molecule has 1 aliphatic carbocycles. The Morgan fingerprint density at radius 1 is 1.30 bits per heavy atom. The molecule has 27 heavy (non-hydrogen) atoms. The zero-order chi connectivity index (χ0) is 19.2. The number of fused-ring (bicyclic) bond motifs is 1. The number of amides is 2. The van der Waals surface area contributed by atoms with E-state index >= 15 is 0 Å². The van der Waals surface area contributed by atoms with Crippen LogP contribution in [0.4, 0.5) is 0 Å². The first-order chi connectivity index (χ1) is 13.1. The summed E-state index contributed by atoms with van der Waals surface area (Å²) < 4.78 is 0. The molecule has 2 atom stereocenters. The van der Waals surface area contributed by atoms with Crippen LogP contribution in [-0.4, -0.2) is 41.1 Å². The quantitative estimate of drug-likeness (QED) is 0.590. The third kappa shape index (κ3) is 4.95. The monoisotopic (exact) mass is 386 g/mol. The Hall–Kier alpha value is -1.75. The number of hydrogen-bond acceptors (Lipinski definition) is 3. The van der Waals surface area contributed by atoms with Crippen molar-refractivity contribution in [3.63, 3.8) is 0 Å². The lowest BCUT2D eigenvalue weighted by Crippen LogP contribution is -2.54. The van der Waals surface area contributed by atoms with Gasteiger partial charge in [0.25, 0.3) is 5.91 Å². The maximum absolute atomic E-state index is 13.2. The van der Waals surface area contributed by atoms with Crippen LogP contribution in [0.3, 0.4) is 0 Å². The molecule has 3 rings (SSSR count). The van der Waals surface area contributed by atoms with E-state index in [-0.39, 0.29) is 24.4 Å². The fraction of sp³-hybridized carbons (Fsp3) is 0.545. The van der Waals surface area contributed by atoms with Crippen molar-refractivity contribution in [1.82, 2.24) is 10.2 Å². The lowest BCUT2D eigenvalue weighted by Gasteiger charge is -2.43. The first-order valence-electron chi connectivity index (χ1n) is 10.1. The van der Waals surface area contributed by atoms with Gasteiger partial charge in [0.05, 0.1) is 4.91 Å². The van der Waals surface area contributed by atoms with E-state index in [4.69, 9.17) is 0 Å². The van der Waals surface area contributed by atoms with E-state index in [1.807, 2.05) is 29.2 Å². The zero-order valence-corrected chi connectivity index (χ0v) is 17.2. The average molecular weight is 387 g/mol. The summed E-state index contributed by atoms with van der Waals surface area (Å²) in [7, 11) is 0. The van der Waals surface area contributed by atoms with Crippen molar-refractivity contribution in [1.29, 1.82) is 0 Å². The fourth-order valence-corrected chi connectivity index (χ4v) is 5.33. The molecule has 5 heteroatoms. The second-order valence-corrected chi connectivity index (χ2v) is 8.79. The number of thioether (sulfide) groups is 1. The van der Waals surface area contributed by atoms with E-state index in [9.17, 15) is 9.59 Å². The maximum Gasteiger partial charge on any atom is 0.261 e. The van der Waals surface area contributed by atoms with Crippen molar-refractivity contribution in [2.24, 2.45) is 0 Å². The van der Waals surface area contributed by atoms with E-state index in [0.717, 1.165) is 48.1 Å². The predicted octanol–water partition coefficient (Wildman–Crippen LogP) is 4.14. The highest BCUT2D eigenvalue weighted by Crippen LogP contribution is 2.42. The molecule has 1 aromatic carbocycles. The Balaban J connectivity index is 1.80. The normalized spacial score (nSPS) is 24.0. The number of nitrogens with zero attached hydrogens (tertiary/aromatic N) is 1. The third-order valence-electron chi connectivity index (χ3n) is 5.46. The van der Waals surface area contributed by atoms with Crippen LogP contribution >= 0.6 is 11.8 Å². The van der Waals surface area contributed by atoms with Gasteiger partial charge in [0.1, 0.15) is 6.54 Å². The minimum absolute atomic E-state index is 0.0112. The molecule has 146 valence electrons. The molecule has 1 aromatic rings. The van der Waals surface area contributed by atoms with Crippen molar-refractivity contribution in [3.05, 3.63) is 40.3 Å². The molecule has 1 heterocycles. The van der Waals surface area contributed by atoms with E-state index in [0.29, 0.717) is 11.8 Å². The van der Waals surface area contributed by atoms with Crippen molar-refractivity contribution < 1.29 is 9.59 Å². The number of hydrogen-bond donors (Lipinski definition) is 1. The van der Waals surface area contributed by atoms with E-state index in [1.54, 1.807) is 11.8 Å². The SMILES string of the molecule is CCCCNC(=O)CN1C(=O)/C(=C/c2ccccc2C)SC2CCCCC21. The molecule has 1 aliphatic heterocycles. The fourth-order valence-electron chi connectivity index (χ4n) is 3.87. The first-order valence-corrected chi connectivity index (χ1v) is 11.0. The Morgan fingerprint density at radius 3 is 2.85 bits per heavy atom. The van der Waals surface area contributed by atoms with Gasteiger partial charge in [0.15, 0.2) is 0 Å². The van der Waals surface area contributed by atoms with Crippen LogP contribution in [0.1, 0.15) is 56.6 Å². The number of rotatable bonds is 6. The number of unbranched alkanes of at least 4 members (excludes halogenated alkanes) is 1. The Morgan fingerprint density at radius 2 is 2.07 bits per heavy atom. The summed E-state index contributed by atoms with van der Waals surface area (Å²) in [5.41, 5.74) is 2.24. The highest BCUT2D eigenvalue weighted by Gasteiger charge is 2.41. The highest BCUT2D eigenvalue weighted by atomic mass is 32.2. The minimum Gasteiger partial charge on any atom is -0.355 e. The molecular weight excluding hydrogens is 356 g/mol. The van der Waals surface area contributed by atoms with Crippen LogP contribution in [0.5, 0.6) is 0 Å². The second kappa shape index (κ2) is 9.45. The highest BCUT2D eigenvalue weighted by molar-refractivity contribution is 8.04. The Labute approximate surface area is 166 Å². The van der Waals surface area contributed by atoms with E-state index in [1.165, 1.54) is 6.42 Å². The van der Waals surface area contributed by atoms with Crippen LogP contribution in [0.2, 0.25) is 0 Å². The smallest absolute Gasteiger partial charge is 0.261 e. The number of nitrogens with one attached hydrogen (secondary N) is 1. The molecule has 1 saturated carbocycles. The summed E-state index contributed by atoms with van der Waals surface area (Å²) in [6, 6.07) is 8.30. The number of benzene rings is 1. The van der Waals surface area contributed by atoms with E-state index in [2.05, 4.69) is 25.2 Å². The van der Waals surface area contributed by atoms with Crippen molar-refractivity contribution >= 4 is 29.7 Å². The van der Waals surface area contributed by atoms with Crippen LogP contribution in [0, 0.1) is 6.92 Å². The summed E-state index contributed by atoms with van der Waals surface area (Å²) in [5, 5.41) is 3.36. The Bertz CT molecular complexity index is 716. The van der Waals surface area contributed by atoms with Gasteiger partial charge in [-0.3, -0.25) is 9.59 Å². The standard InChI is InChI=1S/C22H30N2O2S/c1-3-4-13-23-21(25)15-24-18-11-7-8-12-19(18)27-20(22(24)26)14-17-10-6-5-9-16(17)2/h5-6,9-10,14,18-19H,3-4,7-8,11-13,15H2,1-2H3,(H,23,25)/b20-14-. The van der Waals surface area contributed by atoms with Gasteiger partial charge in [0, 0.05) is 17.8 Å². The maximum atomic E-state index is 13.2. The molecule has 1 saturated heterocycles. The van der Waals surface area contributed by atoms with Crippen LogP contribution in [0.25, 0.3) is 6.08 Å². The zero-order valence-electron chi connectivity index (χ0n) is 16.4. The molecule has 2 aliphatic rings. The largest absolute Gasteiger partial charge is 0.355 e. The van der Waals surface area contributed by atoms with Crippen LogP contribution in [-0.2, 0) is 9.59 Å². The van der Waals surface area contributed by atoms with Crippen LogP contribution in [0.15, 0.2) is 29.2 Å². The predicted molar refractivity (Wildman–Crippen MR) is 112 cm³/mol. The van der Waals surface area contributed by atoms with Gasteiger partial charge in [-0.1, -0.05) is 50.5 Å². The van der Waals surface area contributed by atoms with Gasteiger partial charge in [-0.15, -0.1) is 11.8 Å². The van der Waals surface area contributed by atoms with Gasteiger partial charge in [-0.05, 0) is 43.4 Å². The molecular formula is C22H30N2O2S. The first kappa shape index (κ1) is 20.0. The van der Waals surface area contributed by atoms with Crippen molar-refractivity contribution in [3.8, 4) is 0 Å². The van der Waals surface area contributed by atoms with Crippen molar-refractivity contribution in [2.45, 2.75) is 63.7 Å². The molecule has 0 spiro atoms. The molecule has 4 nitrogen and oxygen atoms in total. The summed E-state index contributed by atoms with van der Waals surface area (Å²) >= 11 is 1.72. The summed E-state index contributed by atoms with van der Waals surface area (Å²) in [6.07, 6.45) is 8.49. The Kier molecular flexibility index (Phi) is 7.00. The van der Waals surface area contributed by atoms with Gasteiger partial charge < -0.3 is 10.2 Å². The molecule has 0 radical (unpaired) electrons. The number of carbonyl (C=O) groups excluding carboxylic acids is 2. The van der Waals surface area contributed by atoms with E-state index < -0.39 is 0 Å². The van der Waals surface area contributed by atoms with Gasteiger partial charge in [0.2, 0.25) is 5.91 Å². The number of carbonyl (C=O) groups is 2. The van der Waals surface area contributed by atoms with Crippen LogP contribution < -0.4 is 5.32 Å². The van der Waals surface area contributed by atoms with Crippen molar-refractivity contribution in [2.75, 3.05) is 13.1 Å². The lowest BCUT2D eigenvalue weighted by molar-refractivity contribution is -0.135. The topological polar surface area (TPSA) is 49.4 Å². The molecule has 0 aromatic heterocycles. The lowest BCUT2D eigenvalue weighted by atomic mass is 9.93. The molecule has 2 unspecified atom stereocenters. The molecule has 0 bridgehead atoms. The van der Waals surface area contributed by atoms with Gasteiger partial charge in [-0.25, -0.2) is 0 Å². The van der Waals surface area contributed by atoms with Gasteiger partial charge >= 0.3 is 0 Å². The second-order valence-electron chi connectivity index (χ2n) is 7.51. The average Bonchev–Trinajstić information content (AvgIpc) is 2.67. The minimum atomic E-state index is -0.0386. The molecule has 2 fully saturated rings. The van der Waals surface area contributed by atoms with Gasteiger partial charge in [-0.2, -0.15) is 0 Å². The third-order valence-corrected chi connectivity index (χ3v) is 6.86. The summed E-state index contributed by atoms with van der Waals surface area (Å²) in [4.78, 5) is 28.2. The number of aryl methyl sites for hydroxylation is 1. The summed E-state index contributed by atoms with van der Waals surface area (Å²) in [5.74, 6) is -0.0275. The molecule has 1 N–H and O–H groups in total.